The molecular weight excluding hydrogens is 356 g/mol. The summed E-state index contributed by atoms with van der Waals surface area (Å²) in [6.07, 6.45) is 1.17. The van der Waals surface area contributed by atoms with Crippen molar-refractivity contribution in [2.45, 2.75) is 45.3 Å². The van der Waals surface area contributed by atoms with Crippen molar-refractivity contribution in [3.63, 3.8) is 0 Å². The van der Waals surface area contributed by atoms with E-state index in [0.717, 1.165) is 10.0 Å². The van der Waals surface area contributed by atoms with Crippen molar-refractivity contribution in [3.05, 3.63) is 33.3 Å². The van der Waals surface area contributed by atoms with E-state index in [1.165, 1.54) is 0 Å². The third kappa shape index (κ3) is 3.40. The number of nitrogens with one attached hydrogen (secondary N) is 1. The van der Waals surface area contributed by atoms with Crippen molar-refractivity contribution in [1.29, 1.82) is 0 Å². The molecule has 2 unspecified atom stereocenters. The largest absolute Gasteiger partial charge is 0.343 e. The third-order valence-corrected chi connectivity index (χ3v) is 4.57. The Balaban J connectivity index is 2.28. The SMILES string of the molecule is CCC1NC(=O)C(CC)N(Cc2ccc(Br)cc2Cl)C1=O. The van der Waals surface area contributed by atoms with Gasteiger partial charge in [0.25, 0.3) is 0 Å². The van der Waals surface area contributed by atoms with Crippen LogP contribution in [0, 0.1) is 0 Å². The standard InChI is InChI=1S/C15H18BrClN2O2/c1-3-12-15(21)19(13(4-2)14(20)18-12)8-9-5-6-10(16)7-11(9)17/h5-7,12-13H,3-4,8H2,1-2H3,(H,18,20). The Morgan fingerprint density at radius 1 is 1.29 bits per heavy atom. The lowest BCUT2D eigenvalue weighted by Gasteiger charge is -2.38. The molecule has 1 aromatic rings. The lowest BCUT2D eigenvalue weighted by molar-refractivity contribution is -0.150. The number of carbonyl (C=O) groups is 2. The zero-order valence-electron chi connectivity index (χ0n) is 12.0. The molecule has 1 N–H and O–H groups in total. The van der Waals surface area contributed by atoms with Gasteiger partial charge in [-0.3, -0.25) is 9.59 Å². The normalized spacial score (nSPS) is 22.4. The van der Waals surface area contributed by atoms with Crippen LogP contribution in [0.25, 0.3) is 0 Å². The van der Waals surface area contributed by atoms with Crippen LogP contribution in [0.3, 0.4) is 0 Å². The summed E-state index contributed by atoms with van der Waals surface area (Å²) in [5.74, 6) is -0.125. The van der Waals surface area contributed by atoms with Crippen molar-refractivity contribution >= 4 is 39.3 Å². The highest BCUT2D eigenvalue weighted by atomic mass is 79.9. The highest BCUT2D eigenvalue weighted by molar-refractivity contribution is 9.10. The van der Waals surface area contributed by atoms with Crippen LogP contribution in [-0.2, 0) is 16.1 Å². The first-order chi connectivity index (χ1) is 9.97. The predicted octanol–water partition coefficient (Wildman–Crippen LogP) is 3.12. The number of nitrogens with zero attached hydrogens (tertiary/aromatic N) is 1. The first-order valence-corrected chi connectivity index (χ1v) is 8.19. The Morgan fingerprint density at radius 2 is 2.00 bits per heavy atom. The number of hydrogen-bond acceptors (Lipinski definition) is 2. The highest BCUT2D eigenvalue weighted by Crippen LogP contribution is 2.25. The fourth-order valence-corrected chi connectivity index (χ4v) is 3.26. The number of hydrogen-bond donors (Lipinski definition) is 1. The minimum Gasteiger partial charge on any atom is -0.343 e. The summed E-state index contributed by atoms with van der Waals surface area (Å²) >= 11 is 9.59. The van der Waals surface area contributed by atoms with E-state index in [0.29, 0.717) is 24.4 Å². The van der Waals surface area contributed by atoms with Crippen molar-refractivity contribution in [2.24, 2.45) is 0 Å². The van der Waals surface area contributed by atoms with E-state index in [9.17, 15) is 9.59 Å². The van der Waals surface area contributed by atoms with Gasteiger partial charge in [-0.05, 0) is 30.5 Å². The average Bonchev–Trinajstić information content (AvgIpc) is 2.45. The lowest BCUT2D eigenvalue weighted by Crippen LogP contribution is -2.62. The molecule has 1 heterocycles. The maximum Gasteiger partial charge on any atom is 0.246 e. The van der Waals surface area contributed by atoms with Gasteiger partial charge in [-0.25, -0.2) is 0 Å². The van der Waals surface area contributed by atoms with Crippen LogP contribution in [0.4, 0.5) is 0 Å². The summed E-state index contributed by atoms with van der Waals surface area (Å²) in [7, 11) is 0. The molecule has 1 saturated heterocycles. The van der Waals surface area contributed by atoms with E-state index in [2.05, 4.69) is 21.2 Å². The Kier molecular flexibility index (Phi) is 5.27. The van der Waals surface area contributed by atoms with E-state index in [1.807, 2.05) is 26.0 Å². The number of halogens is 2. The summed E-state index contributed by atoms with van der Waals surface area (Å²) in [4.78, 5) is 26.3. The summed E-state index contributed by atoms with van der Waals surface area (Å²) < 4.78 is 0.887. The van der Waals surface area contributed by atoms with Gasteiger partial charge in [0.05, 0.1) is 0 Å². The van der Waals surface area contributed by atoms with Crippen LogP contribution in [0.2, 0.25) is 5.02 Å². The van der Waals surface area contributed by atoms with E-state index in [-0.39, 0.29) is 11.8 Å². The molecular formula is C15H18BrClN2O2. The summed E-state index contributed by atoms with van der Waals surface area (Å²) in [6, 6.07) is 4.69. The van der Waals surface area contributed by atoms with Gasteiger partial charge in [0, 0.05) is 16.0 Å². The fraction of sp³-hybridized carbons (Fsp3) is 0.467. The summed E-state index contributed by atoms with van der Waals surface area (Å²) in [5, 5.41) is 3.37. The van der Waals surface area contributed by atoms with Crippen LogP contribution >= 0.6 is 27.5 Å². The second-order valence-electron chi connectivity index (χ2n) is 5.10. The molecule has 1 fully saturated rings. The van der Waals surface area contributed by atoms with Crippen molar-refractivity contribution < 1.29 is 9.59 Å². The Bertz CT molecular complexity index is 565. The Labute approximate surface area is 138 Å². The second-order valence-corrected chi connectivity index (χ2v) is 6.42. The maximum atomic E-state index is 12.5. The molecule has 2 atom stereocenters. The van der Waals surface area contributed by atoms with Crippen LogP contribution in [0.5, 0.6) is 0 Å². The van der Waals surface area contributed by atoms with E-state index < -0.39 is 12.1 Å². The van der Waals surface area contributed by atoms with Crippen molar-refractivity contribution in [2.75, 3.05) is 0 Å². The smallest absolute Gasteiger partial charge is 0.246 e. The molecule has 0 radical (unpaired) electrons. The zero-order chi connectivity index (χ0) is 15.6. The summed E-state index contributed by atoms with van der Waals surface area (Å²) in [5.41, 5.74) is 0.844. The van der Waals surface area contributed by atoms with Gasteiger partial charge in [-0.15, -0.1) is 0 Å². The van der Waals surface area contributed by atoms with Gasteiger partial charge < -0.3 is 10.2 Å². The quantitative estimate of drug-likeness (QED) is 0.881. The first kappa shape index (κ1) is 16.3. The minimum atomic E-state index is -0.436. The van der Waals surface area contributed by atoms with Gasteiger partial charge >= 0.3 is 0 Å². The van der Waals surface area contributed by atoms with Crippen LogP contribution < -0.4 is 5.32 Å². The second kappa shape index (κ2) is 6.79. The molecule has 0 aromatic heterocycles. The topological polar surface area (TPSA) is 49.4 Å². The van der Waals surface area contributed by atoms with Crippen molar-refractivity contribution in [1.82, 2.24) is 10.2 Å². The van der Waals surface area contributed by atoms with Gasteiger partial charge in [0.2, 0.25) is 11.8 Å². The number of carbonyl (C=O) groups excluding carboxylic acids is 2. The van der Waals surface area contributed by atoms with Gasteiger partial charge in [-0.1, -0.05) is 47.4 Å². The van der Waals surface area contributed by atoms with Crippen LogP contribution in [0.15, 0.2) is 22.7 Å². The molecule has 0 spiro atoms. The molecule has 2 rings (SSSR count). The molecule has 21 heavy (non-hydrogen) atoms. The molecule has 2 amide bonds. The molecule has 0 bridgehead atoms. The Morgan fingerprint density at radius 3 is 2.57 bits per heavy atom. The Hall–Kier alpha value is -1.07. The first-order valence-electron chi connectivity index (χ1n) is 7.02. The van der Waals surface area contributed by atoms with Gasteiger partial charge in [0.1, 0.15) is 12.1 Å². The highest BCUT2D eigenvalue weighted by Gasteiger charge is 2.38. The number of rotatable bonds is 4. The lowest BCUT2D eigenvalue weighted by atomic mass is 10.0. The monoisotopic (exact) mass is 372 g/mol. The zero-order valence-corrected chi connectivity index (χ0v) is 14.4. The van der Waals surface area contributed by atoms with Gasteiger partial charge in [0.15, 0.2) is 0 Å². The molecule has 6 heteroatoms. The maximum absolute atomic E-state index is 12.5. The van der Waals surface area contributed by atoms with E-state index in [1.54, 1.807) is 11.0 Å². The fourth-order valence-electron chi connectivity index (χ4n) is 2.53. The molecule has 1 aromatic carbocycles. The number of amides is 2. The van der Waals surface area contributed by atoms with Crippen LogP contribution in [-0.4, -0.2) is 28.8 Å². The van der Waals surface area contributed by atoms with Crippen LogP contribution in [0.1, 0.15) is 32.3 Å². The minimum absolute atomic E-state index is 0.0389. The molecule has 1 aliphatic rings. The molecule has 1 aliphatic heterocycles. The van der Waals surface area contributed by atoms with Gasteiger partial charge in [-0.2, -0.15) is 0 Å². The molecule has 0 aliphatic carbocycles. The van der Waals surface area contributed by atoms with E-state index >= 15 is 0 Å². The summed E-state index contributed by atoms with van der Waals surface area (Å²) in [6.45, 7) is 4.15. The number of benzene rings is 1. The molecule has 4 nitrogen and oxygen atoms in total. The van der Waals surface area contributed by atoms with Crippen molar-refractivity contribution in [3.8, 4) is 0 Å². The third-order valence-electron chi connectivity index (χ3n) is 3.73. The number of piperazine rings is 1. The van der Waals surface area contributed by atoms with E-state index in [4.69, 9.17) is 11.6 Å². The average molecular weight is 374 g/mol. The predicted molar refractivity (Wildman–Crippen MR) is 86.0 cm³/mol. The molecule has 0 saturated carbocycles. The molecule has 114 valence electrons.